The van der Waals surface area contributed by atoms with Crippen LogP contribution in [0.25, 0.3) is 0 Å². The molecule has 5 nitrogen and oxygen atoms in total. The van der Waals surface area contributed by atoms with E-state index in [-0.39, 0.29) is 5.91 Å². The van der Waals surface area contributed by atoms with Gasteiger partial charge in [0, 0.05) is 5.56 Å². The van der Waals surface area contributed by atoms with Crippen LogP contribution in [0.5, 0.6) is 0 Å². The van der Waals surface area contributed by atoms with Crippen molar-refractivity contribution in [3.8, 4) is 11.8 Å². The van der Waals surface area contributed by atoms with Crippen LogP contribution < -0.4 is 11.1 Å². The number of carbonyl (C=O) groups is 1. The van der Waals surface area contributed by atoms with Gasteiger partial charge in [0.15, 0.2) is 5.13 Å². The lowest BCUT2D eigenvalue weighted by molar-refractivity contribution is 0.102. The monoisotopic (exact) mass is 299 g/mol. The molecule has 0 radical (unpaired) electrons. The third-order valence-corrected chi connectivity index (χ3v) is 3.85. The van der Waals surface area contributed by atoms with E-state index in [1.165, 1.54) is 11.3 Å². The van der Waals surface area contributed by atoms with Crippen LogP contribution >= 0.6 is 11.3 Å². The Morgan fingerprint density at radius 1 is 1.43 bits per heavy atom. The number of thiazole rings is 1. The molecule has 2 aromatic rings. The van der Waals surface area contributed by atoms with Crippen LogP contribution in [0.1, 0.15) is 26.4 Å². The molecule has 6 heteroatoms. The van der Waals surface area contributed by atoms with Crippen molar-refractivity contribution in [3.05, 3.63) is 46.0 Å². The van der Waals surface area contributed by atoms with E-state index < -0.39 is 0 Å². The highest BCUT2D eigenvalue weighted by Crippen LogP contribution is 2.22. The van der Waals surface area contributed by atoms with Crippen molar-refractivity contribution in [2.24, 2.45) is 5.73 Å². The van der Waals surface area contributed by atoms with Crippen LogP contribution in [-0.2, 0) is 18.0 Å². The summed E-state index contributed by atoms with van der Waals surface area (Å²) in [5.74, 6) is 5.45. The molecule has 1 aliphatic rings. The minimum atomic E-state index is -0.183. The number of fused-ring (bicyclic) bond motifs is 1. The van der Waals surface area contributed by atoms with Crippen LogP contribution in [0.3, 0.4) is 0 Å². The number of hydrogen-bond acceptors (Lipinski definition) is 5. The molecule has 1 amide bonds. The Hall–Kier alpha value is -2.20. The van der Waals surface area contributed by atoms with Gasteiger partial charge in [-0.2, -0.15) is 0 Å². The molecule has 106 valence electrons. The molecule has 0 fully saturated rings. The molecule has 1 aromatic carbocycles. The lowest BCUT2D eigenvalue weighted by Crippen LogP contribution is -2.11. The average Bonchev–Trinajstić information content (AvgIpc) is 3.12. The maximum absolute atomic E-state index is 12.2. The molecule has 1 aromatic heterocycles. The Kier molecular flexibility index (Phi) is 3.97. The molecule has 21 heavy (non-hydrogen) atoms. The number of ether oxygens (including phenoxy) is 1. The average molecular weight is 299 g/mol. The topological polar surface area (TPSA) is 77.2 Å². The second-order valence-corrected chi connectivity index (χ2v) is 5.50. The zero-order valence-electron chi connectivity index (χ0n) is 11.2. The normalized spacial score (nSPS) is 12.4. The summed E-state index contributed by atoms with van der Waals surface area (Å²) < 4.78 is 5.34. The smallest absolute Gasteiger partial charge is 0.257 e. The highest BCUT2D eigenvalue weighted by atomic mass is 32.1. The molecule has 1 aliphatic heterocycles. The maximum atomic E-state index is 12.2. The summed E-state index contributed by atoms with van der Waals surface area (Å²) in [6.07, 6.45) is 1.62. The molecule has 0 aliphatic carbocycles. The van der Waals surface area contributed by atoms with Crippen molar-refractivity contribution >= 4 is 22.4 Å². The highest BCUT2D eigenvalue weighted by Gasteiger charge is 2.15. The maximum Gasteiger partial charge on any atom is 0.257 e. The van der Waals surface area contributed by atoms with Gasteiger partial charge >= 0.3 is 0 Å². The highest BCUT2D eigenvalue weighted by molar-refractivity contribution is 7.16. The Morgan fingerprint density at radius 3 is 3.14 bits per heavy atom. The van der Waals surface area contributed by atoms with Gasteiger partial charge in [-0.15, -0.1) is 0 Å². The SMILES string of the molecule is NCC#Cc1cnc(NC(=O)c2ccc3c(c2)COC3)s1. The van der Waals surface area contributed by atoms with Crippen molar-refractivity contribution in [2.75, 3.05) is 11.9 Å². The number of amides is 1. The van der Waals surface area contributed by atoms with Crippen molar-refractivity contribution < 1.29 is 9.53 Å². The van der Waals surface area contributed by atoms with Gasteiger partial charge in [-0.05, 0) is 23.3 Å². The molecule has 0 atom stereocenters. The van der Waals surface area contributed by atoms with Gasteiger partial charge in [-0.3, -0.25) is 10.1 Å². The van der Waals surface area contributed by atoms with Gasteiger partial charge in [0.25, 0.3) is 5.91 Å². The first kappa shape index (κ1) is 13.8. The van der Waals surface area contributed by atoms with E-state index in [1.807, 2.05) is 12.1 Å². The molecule has 2 heterocycles. The standard InChI is InChI=1S/C15H13N3O2S/c16-5-1-2-13-7-17-15(21-13)18-14(19)10-3-4-11-8-20-9-12(11)6-10/h3-4,6-7H,5,8-9,16H2,(H,17,18,19). The van der Waals surface area contributed by atoms with Gasteiger partial charge in [-0.1, -0.05) is 29.2 Å². The zero-order valence-corrected chi connectivity index (χ0v) is 12.0. The number of aromatic nitrogens is 1. The fourth-order valence-electron chi connectivity index (χ4n) is 2.01. The fourth-order valence-corrected chi connectivity index (χ4v) is 2.70. The first-order valence-electron chi connectivity index (χ1n) is 6.42. The second-order valence-electron chi connectivity index (χ2n) is 4.47. The summed E-state index contributed by atoms with van der Waals surface area (Å²) in [7, 11) is 0. The number of anilines is 1. The predicted octanol–water partition coefficient (Wildman–Crippen LogP) is 1.74. The summed E-state index contributed by atoms with van der Waals surface area (Å²) in [4.78, 5) is 17.1. The van der Waals surface area contributed by atoms with Crippen molar-refractivity contribution in [1.82, 2.24) is 4.98 Å². The van der Waals surface area contributed by atoms with Gasteiger partial charge in [-0.25, -0.2) is 4.98 Å². The van der Waals surface area contributed by atoms with Gasteiger partial charge in [0.2, 0.25) is 0 Å². The van der Waals surface area contributed by atoms with E-state index in [0.29, 0.717) is 30.5 Å². The molecule has 0 spiro atoms. The van der Waals surface area contributed by atoms with E-state index in [2.05, 4.69) is 22.1 Å². The predicted molar refractivity (Wildman–Crippen MR) is 80.9 cm³/mol. The number of nitrogens with two attached hydrogens (primary N) is 1. The van der Waals surface area contributed by atoms with Crippen LogP contribution in [0.2, 0.25) is 0 Å². The number of nitrogens with zero attached hydrogens (tertiary/aromatic N) is 1. The van der Waals surface area contributed by atoms with Crippen molar-refractivity contribution in [3.63, 3.8) is 0 Å². The van der Waals surface area contributed by atoms with E-state index in [1.54, 1.807) is 12.3 Å². The third-order valence-electron chi connectivity index (χ3n) is 3.02. The first-order chi connectivity index (χ1) is 10.3. The Bertz CT molecular complexity index is 743. The lowest BCUT2D eigenvalue weighted by Gasteiger charge is -2.03. The lowest BCUT2D eigenvalue weighted by atomic mass is 10.1. The van der Waals surface area contributed by atoms with E-state index >= 15 is 0 Å². The minimum Gasteiger partial charge on any atom is -0.372 e. The largest absolute Gasteiger partial charge is 0.372 e. The van der Waals surface area contributed by atoms with Gasteiger partial charge in [0.05, 0.1) is 30.8 Å². The second kappa shape index (κ2) is 6.06. The van der Waals surface area contributed by atoms with E-state index in [4.69, 9.17) is 10.5 Å². The number of benzene rings is 1. The molecule has 0 saturated heterocycles. The number of hydrogen-bond donors (Lipinski definition) is 2. The Labute approximate surface area is 126 Å². The Balaban J connectivity index is 1.72. The molecule has 0 saturated carbocycles. The summed E-state index contributed by atoms with van der Waals surface area (Å²) in [6, 6.07) is 5.59. The number of carbonyl (C=O) groups excluding carboxylic acids is 1. The summed E-state index contributed by atoms with van der Waals surface area (Å²) >= 11 is 1.32. The molecular weight excluding hydrogens is 286 g/mol. The molecular formula is C15H13N3O2S. The van der Waals surface area contributed by atoms with Crippen LogP contribution in [-0.4, -0.2) is 17.4 Å². The quantitative estimate of drug-likeness (QED) is 0.828. The fraction of sp³-hybridized carbons (Fsp3) is 0.200. The molecule has 0 unspecified atom stereocenters. The number of rotatable bonds is 2. The van der Waals surface area contributed by atoms with Gasteiger partial charge < -0.3 is 10.5 Å². The van der Waals surface area contributed by atoms with Crippen molar-refractivity contribution in [2.45, 2.75) is 13.2 Å². The summed E-state index contributed by atoms with van der Waals surface area (Å²) in [5.41, 5.74) is 8.12. The molecule has 3 N–H and O–H groups in total. The van der Waals surface area contributed by atoms with Crippen LogP contribution in [0.4, 0.5) is 5.13 Å². The minimum absolute atomic E-state index is 0.183. The summed E-state index contributed by atoms with van der Waals surface area (Å²) in [5, 5.41) is 3.30. The van der Waals surface area contributed by atoms with Crippen molar-refractivity contribution in [1.29, 1.82) is 0 Å². The van der Waals surface area contributed by atoms with E-state index in [9.17, 15) is 4.79 Å². The zero-order chi connectivity index (χ0) is 14.7. The van der Waals surface area contributed by atoms with Gasteiger partial charge in [0.1, 0.15) is 0 Å². The third kappa shape index (κ3) is 3.11. The Morgan fingerprint density at radius 2 is 2.29 bits per heavy atom. The van der Waals surface area contributed by atoms with Crippen LogP contribution in [0, 0.1) is 11.8 Å². The first-order valence-corrected chi connectivity index (χ1v) is 7.23. The van der Waals surface area contributed by atoms with Crippen LogP contribution in [0.15, 0.2) is 24.4 Å². The van der Waals surface area contributed by atoms with E-state index in [0.717, 1.165) is 16.0 Å². The molecule has 0 bridgehead atoms. The number of nitrogens with one attached hydrogen (secondary N) is 1. The summed E-state index contributed by atoms with van der Waals surface area (Å²) in [6.45, 7) is 1.48. The molecule has 3 rings (SSSR count).